The summed E-state index contributed by atoms with van der Waals surface area (Å²) in [5.74, 6) is 0.144. The molecule has 2 unspecified atom stereocenters. The molecule has 1 aliphatic heterocycles. The number of nitrogens with two attached hydrogens (primary N) is 1. The van der Waals surface area contributed by atoms with Gasteiger partial charge in [0.05, 0.1) is 6.04 Å². The van der Waals surface area contributed by atoms with Gasteiger partial charge in [0.2, 0.25) is 5.91 Å². The number of ether oxygens (including phenoxy) is 1. The molecule has 4 nitrogen and oxygen atoms in total. The average Bonchev–Trinajstić information content (AvgIpc) is 2.56. The molecule has 1 fully saturated rings. The number of carbonyl (C=O) groups excluding carboxylic acids is 1. The molecule has 23 heavy (non-hydrogen) atoms. The van der Waals surface area contributed by atoms with Crippen molar-refractivity contribution in [2.24, 2.45) is 5.73 Å². The summed E-state index contributed by atoms with van der Waals surface area (Å²) in [6.45, 7) is 3.59. The van der Waals surface area contributed by atoms with Crippen molar-refractivity contribution in [2.45, 2.75) is 64.0 Å². The zero-order chi connectivity index (χ0) is 16.5. The fourth-order valence-corrected chi connectivity index (χ4v) is 3.08. The van der Waals surface area contributed by atoms with Crippen molar-refractivity contribution in [3.63, 3.8) is 0 Å². The first kappa shape index (κ1) is 18.0. The van der Waals surface area contributed by atoms with Gasteiger partial charge in [-0.25, -0.2) is 0 Å². The van der Waals surface area contributed by atoms with E-state index in [9.17, 15) is 4.79 Å². The predicted octanol–water partition coefficient (Wildman–Crippen LogP) is 3.24. The van der Waals surface area contributed by atoms with Crippen LogP contribution in [0.4, 0.5) is 0 Å². The fraction of sp³-hybridized carbons (Fsp3) is 0.632. The largest absolute Gasteiger partial charge is 0.371 e. The molecule has 0 spiro atoms. The Morgan fingerprint density at radius 1 is 1.22 bits per heavy atom. The van der Waals surface area contributed by atoms with Crippen molar-refractivity contribution >= 4 is 5.91 Å². The minimum absolute atomic E-state index is 0.0226. The first-order chi connectivity index (χ1) is 11.2. The Kier molecular flexibility index (Phi) is 7.56. The first-order valence-electron chi connectivity index (χ1n) is 8.88. The molecule has 1 saturated heterocycles. The monoisotopic (exact) mass is 318 g/mol. The van der Waals surface area contributed by atoms with Gasteiger partial charge in [-0.15, -0.1) is 0 Å². The first-order valence-corrected chi connectivity index (χ1v) is 8.88. The summed E-state index contributed by atoms with van der Waals surface area (Å²) in [4.78, 5) is 12.2. The lowest BCUT2D eigenvalue weighted by Gasteiger charge is -2.32. The van der Waals surface area contributed by atoms with Gasteiger partial charge in [0.15, 0.2) is 0 Å². The highest BCUT2D eigenvalue weighted by molar-refractivity contribution is 5.76. The van der Waals surface area contributed by atoms with Crippen molar-refractivity contribution in [3.8, 4) is 0 Å². The van der Waals surface area contributed by atoms with E-state index >= 15 is 0 Å². The lowest BCUT2D eigenvalue weighted by Crippen LogP contribution is -2.42. The minimum Gasteiger partial charge on any atom is -0.371 e. The van der Waals surface area contributed by atoms with Crippen LogP contribution in [0.1, 0.15) is 62.2 Å². The second kappa shape index (κ2) is 9.68. The molecule has 0 radical (unpaired) electrons. The van der Waals surface area contributed by atoms with Gasteiger partial charge in [-0.05, 0) is 44.7 Å². The zero-order valence-corrected chi connectivity index (χ0v) is 14.2. The Labute approximate surface area is 139 Å². The third-order valence-electron chi connectivity index (χ3n) is 4.43. The van der Waals surface area contributed by atoms with E-state index in [1.807, 2.05) is 0 Å². The Morgan fingerprint density at radius 2 is 1.96 bits per heavy atom. The van der Waals surface area contributed by atoms with Gasteiger partial charge >= 0.3 is 0 Å². The summed E-state index contributed by atoms with van der Waals surface area (Å²) in [6, 6.07) is 8.50. The van der Waals surface area contributed by atoms with Crippen LogP contribution in [0.5, 0.6) is 0 Å². The predicted molar refractivity (Wildman–Crippen MR) is 93.2 cm³/mol. The average molecular weight is 318 g/mol. The van der Waals surface area contributed by atoms with E-state index in [-0.39, 0.29) is 18.1 Å². The minimum atomic E-state index is -0.0226. The number of aryl methyl sites for hydroxylation is 1. The Morgan fingerprint density at radius 3 is 2.70 bits per heavy atom. The smallest absolute Gasteiger partial charge is 0.220 e. The fourth-order valence-electron chi connectivity index (χ4n) is 3.08. The van der Waals surface area contributed by atoms with E-state index in [2.05, 4.69) is 36.5 Å². The van der Waals surface area contributed by atoms with Crippen LogP contribution < -0.4 is 11.1 Å². The molecule has 1 heterocycles. The molecule has 3 N–H and O–H groups in total. The summed E-state index contributed by atoms with van der Waals surface area (Å²) >= 11 is 0. The van der Waals surface area contributed by atoms with Gasteiger partial charge in [-0.2, -0.15) is 0 Å². The van der Waals surface area contributed by atoms with Crippen LogP contribution in [0.2, 0.25) is 0 Å². The van der Waals surface area contributed by atoms with Crippen LogP contribution in [0, 0.1) is 6.92 Å². The number of hydrogen-bond acceptors (Lipinski definition) is 3. The third-order valence-corrected chi connectivity index (χ3v) is 4.43. The van der Waals surface area contributed by atoms with Crippen LogP contribution in [-0.2, 0) is 9.53 Å². The van der Waals surface area contributed by atoms with Gasteiger partial charge in [0.25, 0.3) is 0 Å². The summed E-state index contributed by atoms with van der Waals surface area (Å²) in [5.41, 5.74) is 7.88. The molecular formula is C19H30N2O2. The Bertz CT molecular complexity index is 473. The summed E-state index contributed by atoms with van der Waals surface area (Å²) < 4.78 is 5.95. The second-order valence-electron chi connectivity index (χ2n) is 6.47. The zero-order valence-electron chi connectivity index (χ0n) is 14.2. The summed E-state index contributed by atoms with van der Waals surface area (Å²) in [6.07, 6.45) is 6.74. The molecule has 128 valence electrons. The van der Waals surface area contributed by atoms with E-state index in [1.165, 1.54) is 5.56 Å². The van der Waals surface area contributed by atoms with Crippen molar-refractivity contribution in [2.75, 3.05) is 13.2 Å². The molecule has 1 amide bonds. The van der Waals surface area contributed by atoms with E-state index in [4.69, 9.17) is 10.5 Å². The van der Waals surface area contributed by atoms with Crippen molar-refractivity contribution in [1.82, 2.24) is 5.32 Å². The highest BCUT2D eigenvalue weighted by Crippen LogP contribution is 2.28. The van der Waals surface area contributed by atoms with Crippen molar-refractivity contribution in [1.29, 1.82) is 0 Å². The van der Waals surface area contributed by atoms with Gasteiger partial charge in [0, 0.05) is 13.0 Å². The van der Waals surface area contributed by atoms with E-state index in [0.29, 0.717) is 6.42 Å². The van der Waals surface area contributed by atoms with E-state index in [0.717, 1.165) is 57.2 Å². The Balaban J connectivity index is 1.83. The topological polar surface area (TPSA) is 64.3 Å². The number of hydrogen-bond donors (Lipinski definition) is 2. The number of benzene rings is 1. The third kappa shape index (κ3) is 5.96. The number of nitrogens with one attached hydrogen (secondary N) is 1. The summed E-state index contributed by atoms with van der Waals surface area (Å²) in [7, 11) is 0. The molecule has 0 aromatic heterocycles. The normalized spacial score (nSPS) is 21.1. The van der Waals surface area contributed by atoms with Gasteiger partial charge in [0.1, 0.15) is 6.10 Å². The highest BCUT2D eigenvalue weighted by atomic mass is 16.5. The molecule has 1 aromatic rings. The standard InChI is InChI=1S/C19H30N2O2/c1-15-9-11-16(12-10-15)19-17(7-6-14-23-19)21-18(22)8-4-2-3-5-13-20/h9-12,17,19H,2-8,13-14,20H2,1H3,(H,21,22). The number of carbonyl (C=O) groups is 1. The molecule has 1 aromatic carbocycles. The lowest BCUT2D eigenvalue weighted by molar-refractivity contribution is -0.124. The van der Waals surface area contributed by atoms with E-state index in [1.54, 1.807) is 0 Å². The molecule has 0 saturated carbocycles. The maximum atomic E-state index is 12.2. The van der Waals surface area contributed by atoms with Crippen LogP contribution >= 0.6 is 0 Å². The maximum absolute atomic E-state index is 12.2. The molecule has 4 heteroatoms. The maximum Gasteiger partial charge on any atom is 0.220 e. The van der Waals surface area contributed by atoms with Crippen LogP contribution in [0.3, 0.4) is 0 Å². The lowest BCUT2D eigenvalue weighted by atomic mass is 9.95. The highest BCUT2D eigenvalue weighted by Gasteiger charge is 2.28. The van der Waals surface area contributed by atoms with Gasteiger partial charge in [-0.1, -0.05) is 42.7 Å². The van der Waals surface area contributed by atoms with Crippen molar-refractivity contribution < 1.29 is 9.53 Å². The van der Waals surface area contributed by atoms with E-state index < -0.39 is 0 Å². The number of rotatable bonds is 8. The molecule has 0 bridgehead atoms. The molecule has 2 atom stereocenters. The van der Waals surface area contributed by atoms with Gasteiger partial charge < -0.3 is 15.8 Å². The molecule has 1 aliphatic rings. The molecular weight excluding hydrogens is 288 g/mol. The summed E-state index contributed by atoms with van der Waals surface area (Å²) in [5, 5.41) is 3.18. The van der Waals surface area contributed by atoms with Gasteiger partial charge in [-0.3, -0.25) is 4.79 Å². The van der Waals surface area contributed by atoms with Crippen LogP contribution in [0.15, 0.2) is 24.3 Å². The Hall–Kier alpha value is -1.39. The number of amides is 1. The second-order valence-corrected chi connectivity index (χ2v) is 6.47. The quantitative estimate of drug-likeness (QED) is 0.723. The van der Waals surface area contributed by atoms with Crippen LogP contribution in [-0.4, -0.2) is 25.1 Å². The SMILES string of the molecule is Cc1ccc(C2OCCCC2NC(=O)CCCCCCN)cc1. The van der Waals surface area contributed by atoms with Crippen molar-refractivity contribution in [3.05, 3.63) is 35.4 Å². The number of unbranched alkanes of at least 4 members (excludes halogenated alkanes) is 3. The van der Waals surface area contributed by atoms with Crippen LogP contribution in [0.25, 0.3) is 0 Å². The molecule has 0 aliphatic carbocycles. The molecule has 2 rings (SSSR count).